The molecule has 0 aliphatic carbocycles. The first-order chi connectivity index (χ1) is 8.16. The Morgan fingerprint density at radius 1 is 1.59 bits per heavy atom. The monoisotopic (exact) mass is 236 g/mol. The number of carbonyl (C=O) groups excluding carboxylic acids is 1. The Morgan fingerprint density at radius 2 is 2.41 bits per heavy atom. The fourth-order valence-corrected chi connectivity index (χ4v) is 1.84. The predicted molar refractivity (Wildman–Crippen MR) is 63.0 cm³/mol. The Morgan fingerprint density at radius 3 is 3.06 bits per heavy atom. The van der Waals surface area contributed by atoms with Crippen molar-refractivity contribution in [3.8, 4) is 0 Å². The van der Waals surface area contributed by atoms with Crippen molar-refractivity contribution in [1.29, 1.82) is 0 Å². The lowest BCUT2D eigenvalue weighted by Gasteiger charge is -2.11. The summed E-state index contributed by atoms with van der Waals surface area (Å²) in [4.78, 5) is 23.0. The highest BCUT2D eigenvalue weighted by Gasteiger charge is 2.16. The largest absolute Gasteiger partial charge is 0.376 e. The molecule has 1 saturated heterocycles. The van der Waals surface area contributed by atoms with E-state index in [4.69, 9.17) is 4.74 Å². The molecule has 0 aromatic carbocycles. The molecule has 1 aromatic rings. The van der Waals surface area contributed by atoms with Crippen LogP contribution in [0.3, 0.4) is 0 Å². The molecule has 5 heteroatoms. The average molecular weight is 236 g/mol. The van der Waals surface area contributed by atoms with E-state index in [9.17, 15) is 9.59 Å². The molecule has 1 atom stereocenters. The zero-order chi connectivity index (χ0) is 12.3. The molecule has 0 saturated carbocycles. The van der Waals surface area contributed by atoms with Gasteiger partial charge in [-0.15, -0.1) is 0 Å². The first-order valence-electron chi connectivity index (χ1n) is 5.73. The van der Waals surface area contributed by atoms with Crippen molar-refractivity contribution in [2.45, 2.75) is 18.9 Å². The Hall–Kier alpha value is -1.62. The van der Waals surface area contributed by atoms with Gasteiger partial charge in [-0.05, 0) is 18.9 Å². The molecule has 0 spiro atoms. The van der Waals surface area contributed by atoms with Crippen LogP contribution >= 0.6 is 0 Å². The van der Waals surface area contributed by atoms with Crippen molar-refractivity contribution in [1.82, 2.24) is 9.88 Å². The number of aromatic nitrogens is 1. The van der Waals surface area contributed by atoms with Crippen LogP contribution in [0, 0.1) is 0 Å². The van der Waals surface area contributed by atoms with Gasteiger partial charge in [-0.3, -0.25) is 9.59 Å². The lowest BCUT2D eigenvalue weighted by Crippen LogP contribution is -2.32. The van der Waals surface area contributed by atoms with Crippen molar-refractivity contribution in [2.75, 3.05) is 13.2 Å². The molecular weight excluding hydrogens is 220 g/mol. The van der Waals surface area contributed by atoms with Gasteiger partial charge < -0.3 is 14.6 Å². The molecule has 1 aliphatic rings. The molecule has 2 rings (SSSR count). The maximum absolute atomic E-state index is 11.8. The minimum Gasteiger partial charge on any atom is -0.376 e. The van der Waals surface area contributed by atoms with Crippen molar-refractivity contribution in [3.63, 3.8) is 0 Å². The molecule has 92 valence electrons. The van der Waals surface area contributed by atoms with Gasteiger partial charge in [0.25, 0.3) is 5.91 Å². The van der Waals surface area contributed by atoms with Gasteiger partial charge in [0.05, 0.1) is 11.7 Å². The van der Waals surface area contributed by atoms with Crippen molar-refractivity contribution in [2.24, 2.45) is 7.05 Å². The van der Waals surface area contributed by atoms with Crippen molar-refractivity contribution >= 4 is 5.91 Å². The highest BCUT2D eigenvalue weighted by atomic mass is 16.5. The number of rotatable bonds is 3. The van der Waals surface area contributed by atoms with Crippen LogP contribution in [0.25, 0.3) is 0 Å². The SMILES string of the molecule is Cn1cc(C(=O)NCC2CCCO2)ccc1=O. The smallest absolute Gasteiger partial charge is 0.252 e. The van der Waals surface area contributed by atoms with Gasteiger partial charge in [0.2, 0.25) is 5.56 Å². The first-order valence-corrected chi connectivity index (χ1v) is 5.73. The Bertz CT molecular complexity index is 461. The van der Waals surface area contributed by atoms with Gasteiger partial charge in [0, 0.05) is 32.5 Å². The summed E-state index contributed by atoms with van der Waals surface area (Å²) >= 11 is 0. The fraction of sp³-hybridized carbons (Fsp3) is 0.500. The van der Waals surface area contributed by atoms with Crippen LogP contribution < -0.4 is 10.9 Å². The van der Waals surface area contributed by atoms with Crippen LogP contribution in [-0.4, -0.2) is 29.7 Å². The van der Waals surface area contributed by atoms with Gasteiger partial charge in [-0.25, -0.2) is 0 Å². The molecule has 1 aromatic heterocycles. The summed E-state index contributed by atoms with van der Waals surface area (Å²) in [6.07, 6.45) is 3.72. The molecule has 1 amide bonds. The zero-order valence-electron chi connectivity index (χ0n) is 9.81. The Labute approximate surface area is 99.4 Å². The van der Waals surface area contributed by atoms with E-state index in [2.05, 4.69) is 5.32 Å². The zero-order valence-corrected chi connectivity index (χ0v) is 9.81. The standard InChI is InChI=1S/C12H16N2O3/c1-14-8-9(4-5-11(14)15)12(16)13-7-10-3-2-6-17-10/h4-5,8,10H,2-3,6-7H2,1H3,(H,13,16). The second-order valence-corrected chi connectivity index (χ2v) is 4.21. The van der Waals surface area contributed by atoms with E-state index < -0.39 is 0 Å². The van der Waals surface area contributed by atoms with E-state index in [-0.39, 0.29) is 17.6 Å². The molecule has 0 bridgehead atoms. The normalized spacial score (nSPS) is 19.2. The van der Waals surface area contributed by atoms with Gasteiger partial charge in [0.1, 0.15) is 0 Å². The van der Waals surface area contributed by atoms with Gasteiger partial charge >= 0.3 is 0 Å². The quantitative estimate of drug-likeness (QED) is 0.820. The van der Waals surface area contributed by atoms with Crippen LogP contribution in [0.1, 0.15) is 23.2 Å². The average Bonchev–Trinajstić information content (AvgIpc) is 2.82. The first kappa shape index (κ1) is 11.9. The topological polar surface area (TPSA) is 60.3 Å². The molecule has 1 unspecified atom stereocenters. The molecule has 1 aliphatic heterocycles. The molecule has 5 nitrogen and oxygen atoms in total. The minimum absolute atomic E-state index is 0.124. The lowest BCUT2D eigenvalue weighted by molar-refractivity contribution is 0.0857. The predicted octanol–water partition coefficient (Wildman–Crippen LogP) is 0.294. The van der Waals surface area contributed by atoms with Crippen molar-refractivity contribution < 1.29 is 9.53 Å². The van der Waals surface area contributed by atoms with Crippen LogP contribution in [0.5, 0.6) is 0 Å². The van der Waals surface area contributed by atoms with E-state index in [1.807, 2.05) is 0 Å². The lowest BCUT2D eigenvalue weighted by atomic mass is 10.2. The number of nitrogens with one attached hydrogen (secondary N) is 1. The number of hydrogen-bond donors (Lipinski definition) is 1. The highest BCUT2D eigenvalue weighted by molar-refractivity contribution is 5.93. The number of carbonyl (C=O) groups is 1. The summed E-state index contributed by atoms with van der Waals surface area (Å²) in [5.74, 6) is -0.170. The molecule has 1 fully saturated rings. The van der Waals surface area contributed by atoms with E-state index >= 15 is 0 Å². The van der Waals surface area contributed by atoms with Gasteiger partial charge in [0.15, 0.2) is 0 Å². The second-order valence-electron chi connectivity index (χ2n) is 4.21. The maximum Gasteiger partial charge on any atom is 0.252 e. The molecule has 1 N–H and O–H groups in total. The van der Waals surface area contributed by atoms with Crippen LogP contribution in [0.2, 0.25) is 0 Å². The summed E-state index contributed by atoms with van der Waals surface area (Å²) in [6.45, 7) is 1.31. The second kappa shape index (κ2) is 5.14. The summed E-state index contributed by atoms with van der Waals surface area (Å²) < 4.78 is 6.80. The van der Waals surface area contributed by atoms with Crippen LogP contribution in [0.15, 0.2) is 23.1 Å². The van der Waals surface area contributed by atoms with E-state index in [1.54, 1.807) is 7.05 Å². The molecular formula is C12H16N2O3. The van der Waals surface area contributed by atoms with E-state index in [0.29, 0.717) is 12.1 Å². The molecule has 2 heterocycles. The molecule has 0 radical (unpaired) electrons. The number of pyridine rings is 1. The van der Waals surface area contributed by atoms with Crippen LogP contribution in [0.4, 0.5) is 0 Å². The third-order valence-corrected chi connectivity index (χ3v) is 2.86. The Kier molecular flexibility index (Phi) is 3.58. The van der Waals surface area contributed by atoms with E-state index in [0.717, 1.165) is 19.4 Å². The van der Waals surface area contributed by atoms with E-state index in [1.165, 1.54) is 22.9 Å². The Balaban J connectivity index is 1.94. The summed E-state index contributed by atoms with van der Waals surface area (Å²) in [7, 11) is 1.62. The number of aryl methyl sites for hydroxylation is 1. The number of ether oxygens (including phenoxy) is 1. The van der Waals surface area contributed by atoms with Gasteiger partial charge in [-0.1, -0.05) is 0 Å². The summed E-state index contributed by atoms with van der Waals surface area (Å²) in [6, 6.07) is 2.92. The number of nitrogens with zero attached hydrogens (tertiary/aromatic N) is 1. The fourth-order valence-electron chi connectivity index (χ4n) is 1.84. The third kappa shape index (κ3) is 2.94. The number of amides is 1. The highest BCUT2D eigenvalue weighted by Crippen LogP contribution is 2.10. The van der Waals surface area contributed by atoms with Gasteiger partial charge in [-0.2, -0.15) is 0 Å². The summed E-state index contributed by atoms with van der Waals surface area (Å²) in [5.41, 5.74) is 0.366. The minimum atomic E-state index is -0.170. The maximum atomic E-state index is 11.8. The summed E-state index contributed by atoms with van der Waals surface area (Å²) in [5, 5.41) is 2.81. The van der Waals surface area contributed by atoms with Crippen molar-refractivity contribution in [3.05, 3.63) is 34.2 Å². The molecule has 17 heavy (non-hydrogen) atoms. The van der Waals surface area contributed by atoms with Crippen LogP contribution in [-0.2, 0) is 11.8 Å². The third-order valence-electron chi connectivity index (χ3n) is 2.86. The number of hydrogen-bond acceptors (Lipinski definition) is 3.